The first-order chi connectivity index (χ1) is 15.1. The number of rotatable bonds is 3. The molecule has 0 radical (unpaired) electrons. The molecular formula is C24H20N6O. The summed E-state index contributed by atoms with van der Waals surface area (Å²) in [4.78, 5) is 0. The lowest BCUT2D eigenvalue weighted by molar-refractivity contribution is 0.367. The van der Waals surface area contributed by atoms with Gasteiger partial charge in [0, 0.05) is 23.9 Å². The maximum atomic E-state index is 9.98. The van der Waals surface area contributed by atoms with E-state index in [0.717, 1.165) is 33.8 Å². The number of para-hydroxylation sites is 1. The summed E-state index contributed by atoms with van der Waals surface area (Å²) >= 11 is 0. The second kappa shape index (κ2) is 7.18. The van der Waals surface area contributed by atoms with Gasteiger partial charge in [-0.3, -0.25) is 4.68 Å². The van der Waals surface area contributed by atoms with Crippen molar-refractivity contribution in [3.8, 4) is 28.9 Å². The monoisotopic (exact) mass is 408 g/mol. The molecule has 31 heavy (non-hydrogen) atoms. The minimum Gasteiger partial charge on any atom is -0.422 e. The maximum Gasteiger partial charge on any atom is 0.229 e. The lowest BCUT2D eigenvalue weighted by atomic mass is 9.83. The third-order valence-corrected chi connectivity index (χ3v) is 5.68. The smallest absolute Gasteiger partial charge is 0.229 e. The van der Waals surface area contributed by atoms with E-state index >= 15 is 0 Å². The van der Waals surface area contributed by atoms with Gasteiger partial charge in [0.05, 0.1) is 23.4 Å². The number of aromatic nitrogens is 4. The number of hydrogen-bond acceptors (Lipinski definition) is 5. The highest BCUT2D eigenvalue weighted by Crippen LogP contribution is 2.48. The van der Waals surface area contributed by atoms with E-state index in [9.17, 15) is 5.26 Å². The first-order valence-corrected chi connectivity index (χ1v) is 9.90. The number of benzene rings is 2. The predicted octanol–water partition coefficient (Wildman–Crippen LogP) is 3.80. The van der Waals surface area contributed by atoms with Crippen LogP contribution in [0.2, 0.25) is 0 Å². The van der Waals surface area contributed by atoms with E-state index < -0.39 is 5.92 Å². The molecule has 2 aromatic carbocycles. The summed E-state index contributed by atoms with van der Waals surface area (Å²) in [6.07, 6.45) is 1.79. The van der Waals surface area contributed by atoms with Gasteiger partial charge < -0.3 is 10.5 Å². The molecule has 0 saturated heterocycles. The minimum atomic E-state index is -0.435. The van der Waals surface area contributed by atoms with Crippen LogP contribution >= 0.6 is 0 Å². The number of allylic oxidation sites excluding steroid dienone is 1. The molecule has 7 nitrogen and oxygen atoms in total. The van der Waals surface area contributed by atoms with Crippen molar-refractivity contribution in [2.24, 2.45) is 12.8 Å². The van der Waals surface area contributed by atoms with Crippen LogP contribution in [0.5, 0.6) is 5.88 Å². The molecule has 3 heterocycles. The Labute approximate surface area is 179 Å². The lowest BCUT2D eigenvalue weighted by Gasteiger charge is -2.24. The van der Waals surface area contributed by atoms with E-state index in [1.807, 2.05) is 74.6 Å². The van der Waals surface area contributed by atoms with Crippen LogP contribution in [0.25, 0.3) is 16.9 Å². The number of aryl methyl sites for hydroxylation is 1. The van der Waals surface area contributed by atoms with Gasteiger partial charge in [0.25, 0.3) is 0 Å². The predicted molar refractivity (Wildman–Crippen MR) is 116 cm³/mol. The van der Waals surface area contributed by atoms with Gasteiger partial charge in [0.2, 0.25) is 11.8 Å². The van der Waals surface area contributed by atoms with Crippen LogP contribution < -0.4 is 10.5 Å². The first kappa shape index (κ1) is 18.7. The Morgan fingerprint density at radius 1 is 1.06 bits per heavy atom. The van der Waals surface area contributed by atoms with Crippen molar-refractivity contribution in [3.63, 3.8) is 0 Å². The lowest BCUT2D eigenvalue weighted by Crippen LogP contribution is -2.22. The van der Waals surface area contributed by atoms with E-state index in [2.05, 4.69) is 11.2 Å². The highest BCUT2D eigenvalue weighted by Gasteiger charge is 2.39. The standard InChI is InChI=1S/C24H20N6O/c1-15-19(14-27-29(15)2)20-18(13-25)23(26)31-24-21(20)22(16-9-5-3-6-10-16)28-30(24)17-11-7-4-8-12-17/h3-12,14,20H,26H2,1-2H3. The highest BCUT2D eigenvalue weighted by molar-refractivity contribution is 5.72. The van der Waals surface area contributed by atoms with E-state index in [0.29, 0.717) is 11.5 Å². The quantitative estimate of drug-likeness (QED) is 0.556. The Bertz CT molecular complexity index is 1340. The van der Waals surface area contributed by atoms with Crippen molar-refractivity contribution in [3.05, 3.63) is 95.1 Å². The summed E-state index contributed by atoms with van der Waals surface area (Å²) in [5, 5.41) is 19.3. The number of nitrogens with zero attached hydrogens (tertiary/aromatic N) is 5. The van der Waals surface area contributed by atoms with E-state index in [4.69, 9.17) is 15.6 Å². The molecule has 0 aliphatic carbocycles. The molecule has 0 fully saturated rings. The van der Waals surface area contributed by atoms with Gasteiger partial charge in [-0.25, -0.2) is 0 Å². The third kappa shape index (κ3) is 2.89. The highest BCUT2D eigenvalue weighted by atomic mass is 16.5. The molecule has 1 atom stereocenters. The van der Waals surface area contributed by atoms with Gasteiger partial charge >= 0.3 is 0 Å². The fourth-order valence-corrected chi connectivity index (χ4v) is 4.00. The zero-order valence-electron chi connectivity index (χ0n) is 17.1. The van der Waals surface area contributed by atoms with Crippen molar-refractivity contribution < 1.29 is 4.74 Å². The molecule has 0 bridgehead atoms. The van der Waals surface area contributed by atoms with Gasteiger partial charge in [-0.15, -0.1) is 0 Å². The number of hydrogen-bond donors (Lipinski definition) is 1. The normalized spacial score (nSPS) is 15.3. The van der Waals surface area contributed by atoms with Crippen LogP contribution in [-0.4, -0.2) is 19.6 Å². The molecule has 1 unspecified atom stereocenters. The molecule has 5 rings (SSSR count). The minimum absolute atomic E-state index is 0.0833. The van der Waals surface area contributed by atoms with E-state index in [-0.39, 0.29) is 5.88 Å². The zero-order valence-corrected chi connectivity index (χ0v) is 17.1. The molecule has 2 aromatic heterocycles. The summed E-state index contributed by atoms with van der Waals surface area (Å²) in [6, 6.07) is 21.9. The summed E-state index contributed by atoms with van der Waals surface area (Å²) in [5.74, 6) is 0.157. The van der Waals surface area contributed by atoms with Gasteiger partial charge in [0.15, 0.2) is 0 Å². The number of nitrogens with two attached hydrogens (primary N) is 1. The van der Waals surface area contributed by atoms with Gasteiger partial charge in [-0.2, -0.15) is 20.1 Å². The topological polar surface area (TPSA) is 94.7 Å². The maximum absolute atomic E-state index is 9.98. The summed E-state index contributed by atoms with van der Waals surface area (Å²) in [7, 11) is 1.88. The molecule has 4 aromatic rings. The number of nitriles is 1. The first-order valence-electron chi connectivity index (χ1n) is 9.90. The van der Waals surface area contributed by atoms with Crippen molar-refractivity contribution in [2.45, 2.75) is 12.8 Å². The SMILES string of the molecule is Cc1c(C2C(C#N)=C(N)Oc3c2c(-c2ccccc2)nn3-c2ccccc2)cnn1C. The molecular weight excluding hydrogens is 388 g/mol. The van der Waals surface area contributed by atoms with Gasteiger partial charge in [0.1, 0.15) is 17.3 Å². The Kier molecular flexibility index (Phi) is 4.33. The average molecular weight is 408 g/mol. The Balaban J connectivity index is 1.85. The number of fused-ring (bicyclic) bond motifs is 1. The van der Waals surface area contributed by atoms with E-state index in [1.54, 1.807) is 15.6 Å². The third-order valence-electron chi connectivity index (χ3n) is 5.68. The average Bonchev–Trinajstić information content (AvgIpc) is 3.34. The molecule has 0 spiro atoms. The van der Waals surface area contributed by atoms with Crippen LogP contribution in [-0.2, 0) is 7.05 Å². The van der Waals surface area contributed by atoms with Gasteiger partial charge in [-0.1, -0.05) is 48.5 Å². The zero-order chi connectivity index (χ0) is 21.5. The molecule has 7 heteroatoms. The van der Waals surface area contributed by atoms with Crippen molar-refractivity contribution >= 4 is 0 Å². The molecule has 2 N–H and O–H groups in total. The van der Waals surface area contributed by atoms with Crippen LogP contribution in [0.3, 0.4) is 0 Å². The Morgan fingerprint density at radius 2 is 1.74 bits per heavy atom. The molecule has 1 aliphatic heterocycles. The Hall–Kier alpha value is -4.31. The van der Waals surface area contributed by atoms with Crippen molar-refractivity contribution in [2.75, 3.05) is 0 Å². The molecule has 0 saturated carbocycles. The number of ether oxygens (including phenoxy) is 1. The van der Waals surface area contributed by atoms with Gasteiger partial charge in [-0.05, 0) is 19.1 Å². The fourth-order valence-electron chi connectivity index (χ4n) is 4.00. The largest absolute Gasteiger partial charge is 0.422 e. The van der Waals surface area contributed by atoms with Crippen LogP contribution in [0.15, 0.2) is 78.3 Å². The fraction of sp³-hybridized carbons (Fsp3) is 0.125. The van der Waals surface area contributed by atoms with Crippen LogP contribution in [0.4, 0.5) is 0 Å². The van der Waals surface area contributed by atoms with Crippen LogP contribution in [0.1, 0.15) is 22.7 Å². The second-order valence-electron chi connectivity index (χ2n) is 7.41. The summed E-state index contributed by atoms with van der Waals surface area (Å²) in [5.41, 5.74) is 11.8. The Morgan fingerprint density at radius 3 is 2.35 bits per heavy atom. The van der Waals surface area contributed by atoms with E-state index in [1.165, 1.54) is 0 Å². The van der Waals surface area contributed by atoms with Crippen molar-refractivity contribution in [1.82, 2.24) is 19.6 Å². The molecule has 152 valence electrons. The van der Waals surface area contributed by atoms with Crippen molar-refractivity contribution in [1.29, 1.82) is 5.26 Å². The summed E-state index contributed by atoms with van der Waals surface area (Å²) in [6.45, 7) is 1.98. The molecule has 0 amide bonds. The second-order valence-corrected chi connectivity index (χ2v) is 7.41. The molecule has 1 aliphatic rings. The van der Waals surface area contributed by atoms with Crippen LogP contribution in [0, 0.1) is 18.3 Å². The summed E-state index contributed by atoms with van der Waals surface area (Å²) < 4.78 is 9.57.